The zero-order chi connectivity index (χ0) is 30.5. The molecule has 5 N–H and O–H groups in total. The Bertz CT molecular complexity index is 779. The Kier molecular flexibility index (Phi) is 23.2. The van der Waals surface area contributed by atoms with E-state index in [4.69, 9.17) is 15.3 Å². The van der Waals surface area contributed by atoms with E-state index in [1.54, 1.807) is 20.8 Å². The molecule has 1 rings (SSSR count). The van der Waals surface area contributed by atoms with Gasteiger partial charge < -0.3 is 25.5 Å². The molecule has 0 aromatic heterocycles. The zero-order valence-electron chi connectivity index (χ0n) is 25.0. The molecule has 1 aliphatic rings. The van der Waals surface area contributed by atoms with Crippen molar-refractivity contribution in [1.82, 2.24) is 0 Å². The van der Waals surface area contributed by atoms with E-state index in [0.717, 1.165) is 12.8 Å². The van der Waals surface area contributed by atoms with Gasteiger partial charge in [0, 0.05) is 5.92 Å². The van der Waals surface area contributed by atoms with E-state index in [9.17, 15) is 28.8 Å². The van der Waals surface area contributed by atoms with E-state index >= 15 is 0 Å². The van der Waals surface area contributed by atoms with Gasteiger partial charge in [0.1, 0.15) is 5.78 Å². The van der Waals surface area contributed by atoms with Crippen molar-refractivity contribution in [2.24, 2.45) is 53.3 Å². The molecule has 0 bridgehead atoms. The zero-order valence-corrected chi connectivity index (χ0v) is 25.0. The highest BCUT2D eigenvalue weighted by Gasteiger charge is 2.43. The minimum Gasteiger partial charge on any atom is -0.481 e. The monoisotopic (exact) mass is 578 g/mol. The van der Waals surface area contributed by atoms with Gasteiger partial charge in [0.2, 0.25) is 0 Å². The highest BCUT2D eigenvalue weighted by Crippen LogP contribution is 2.31. The number of carboxylic acid groups (broad SMARTS) is 3. The number of ketones is 1. The van der Waals surface area contributed by atoms with E-state index in [1.807, 2.05) is 34.6 Å². The molecule has 0 aromatic carbocycles. The first-order valence-corrected chi connectivity index (χ1v) is 13.3. The van der Waals surface area contributed by atoms with Crippen LogP contribution in [0.2, 0.25) is 0 Å². The number of cyclic esters (lactones) is 2. The molecule has 1 fully saturated rings. The molecule has 0 amide bonds. The van der Waals surface area contributed by atoms with E-state index in [-0.39, 0.29) is 66.1 Å². The Morgan fingerprint density at radius 3 is 1.35 bits per heavy atom. The largest absolute Gasteiger partial charge is 0.481 e. The van der Waals surface area contributed by atoms with E-state index in [1.165, 1.54) is 13.8 Å². The number of esters is 2. The van der Waals surface area contributed by atoms with Crippen LogP contribution in [-0.2, 0) is 33.5 Å². The van der Waals surface area contributed by atoms with Gasteiger partial charge in [-0.2, -0.15) is 0 Å². The molecule has 40 heavy (non-hydrogen) atoms. The van der Waals surface area contributed by atoms with Crippen molar-refractivity contribution >= 4 is 35.6 Å². The van der Waals surface area contributed by atoms with Gasteiger partial charge in [-0.15, -0.1) is 0 Å². The first-order chi connectivity index (χ1) is 17.4. The van der Waals surface area contributed by atoms with Gasteiger partial charge in [-0.25, -0.2) is 0 Å². The van der Waals surface area contributed by atoms with Gasteiger partial charge >= 0.3 is 29.8 Å². The summed E-state index contributed by atoms with van der Waals surface area (Å²) in [4.78, 5) is 65.4. The quantitative estimate of drug-likeness (QED) is 0.217. The summed E-state index contributed by atoms with van der Waals surface area (Å²) < 4.78 is 4.53. The van der Waals surface area contributed by atoms with Gasteiger partial charge in [0.15, 0.2) is 0 Å². The SMILES string of the molecule is C.CCC(C)C(C(=O)O)C(C)C(=O)O.CCC(C)C(C(C)=O)C(C)C(=O)O.CCC(C)C1C(=O)OC(=O)C1C.O. The molecule has 0 aromatic rings. The van der Waals surface area contributed by atoms with Crippen molar-refractivity contribution in [3.63, 3.8) is 0 Å². The third kappa shape index (κ3) is 13.5. The van der Waals surface area contributed by atoms with Crippen molar-refractivity contribution in [2.45, 2.75) is 95.9 Å². The maximum Gasteiger partial charge on any atom is 0.317 e. The highest BCUT2D eigenvalue weighted by atomic mass is 16.6. The molecule has 1 heterocycles. The average Bonchev–Trinajstić information content (AvgIpc) is 3.09. The summed E-state index contributed by atoms with van der Waals surface area (Å²) in [6.07, 6.45) is 2.41. The van der Waals surface area contributed by atoms with E-state index in [2.05, 4.69) is 4.74 Å². The Balaban J connectivity index is -0.000000237. The van der Waals surface area contributed by atoms with Crippen LogP contribution >= 0.6 is 0 Å². The topological polar surface area (TPSA) is 204 Å². The third-order valence-electron chi connectivity index (χ3n) is 7.77. The van der Waals surface area contributed by atoms with Gasteiger partial charge in [0.25, 0.3) is 0 Å². The Morgan fingerprint density at radius 1 is 0.725 bits per heavy atom. The van der Waals surface area contributed by atoms with Crippen LogP contribution in [0.15, 0.2) is 0 Å². The number of carboxylic acids is 3. The van der Waals surface area contributed by atoms with Crippen LogP contribution in [0.1, 0.15) is 95.9 Å². The minimum atomic E-state index is -1.05. The molecule has 1 saturated heterocycles. The molecule has 9 atom stereocenters. The number of hydrogen-bond acceptors (Lipinski definition) is 7. The molecule has 0 spiro atoms. The van der Waals surface area contributed by atoms with Crippen molar-refractivity contribution in [1.29, 1.82) is 0 Å². The maximum absolute atomic E-state index is 11.2. The summed E-state index contributed by atoms with van der Waals surface area (Å²) in [7, 11) is 0. The predicted octanol–water partition coefficient (Wildman–Crippen LogP) is 4.59. The molecule has 236 valence electrons. The van der Waals surface area contributed by atoms with Crippen molar-refractivity contribution in [3.05, 3.63) is 0 Å². The number of aliphatic carboxylic acids is 3. The standard InChI is InChI=1S/C10H18O3.C9H16O4.C9H14O3.CH4.H2O/c1-5-6(2)9(8(4)11)7(3)10(12)13;1-4-5(2)7(9(12)13)6(3)8(10)11;1-4-5(2)7-6(3)8(10)12-9(7)11;;/h6-7,9H,5H2,1-4H3,(H,12,13);5-7H,4H2,1-3H3,(H,10,11)(H,12,13);5-7H,4H2,1-3H3;1H4;1H2. The van der Waals surface area contributed by atoms with Gasteiger partial charge in [-0.1, -0.05) is 89.0 Å². The number of carbonyl (C=O) groups excluding carboxylic acids is 3. The second-order valence-electron chi connectivity index (χ2n) is 10.5. The normalized spacial score (nSPS) is 20.9. The summed E-state index contributed by atoms with van der Waals surface area (Å²) in [5.41, 5.74) is 0. The molecule has 0 radical (unpaired) electrons. The summed E-state index contributed by atoms with van der Waals surface area (Å²) in [5, 5.41) is 26.3. The number of ether oxygens (including phenoxy) is 1. The Labute approximate surface area is 239 Å². The van der Waals surface area contributed by atoms with Crippen LogP contribution in [0, 0.1) is 53.3 Å². The maximum atomic E-state index is 11.2. The third-order valence-corrected chi connectivity index (χ3v) is 7.77. The van der Waals surface area contributed by atoms with Gasteiger partial charge in [-0.05, 0) is 24.7 Å². The molecule has 0 aliphatic carbocycles. The average molecular weight is 579 g/mol. The van der Waals surface area contributed by atoms with Crippen molar-refractivity contribution < 1.29 is 54.3 Å². The molecule has 11 nitrogen and oxygen atoms in total. The molecule has 11 heteroatoms. The van der Waals surface area contributed by atoms with Crippen molar-refractivity contribution in [2.75, 3.05) is 0 Å². The lowest BCUT2D eigenvalue weighted by molar-refractivity contribution is -0.155. The second kappa shape index (κ2) is 21.0. The second-order valence-corrected chi connectivity index (χ2v) is 10.5. The summed E-state index contributed by atoms with van der Waals surface area (Å²) in [6.45, 7) is 17.7. The van der Waals surface area contributed by atoms with Crippen molar-refractivity contribution in [3.8, 4) is 0 Å². The fourth-order valence-electron chi connectivity index (χ4n) is 4.60. The van der Waals surface area contributed by atoms with E-state index in [0.29, 0.717) is 6.42 Å². The lowest BCUT2D eigenvalue weighted by Crippen LogP contribution is -2.32. The van der Waals surface area contributed by atoms with Crippen LogP contribution in [0.3, 0.4) is 0 Å². The summed E-state index contributed by atoms with van der Waals surface area (Å²) >= 11 is 0. The first-order valence-electron chi connectivity index (χ1n) is 13.3. The number of hydrogen-bond donors (Lipinski definition) is 3. The summed E-state index contributed by atoms with van der Waals surface area (Å²) in [6, 6.07) is 0. The number of Topliss-reactive ketones (excluding diaryl/α,β-unsaturated/α-hetero) is 1. The molecular weight excluding hydrogens is 524 g/mol. The van der Waals surface area contributed by atoms with Crippen LogP contribution in [0.4, 0.5) is 0 Å². The predicted molar refractivity (Wildman–Crippen MR) is 151 cm³/mol. The molecule has 0 saturated carbocycles. The van der Waals surface area contributed by atoms with Crippen LogP contribution in [-0.4, -0.2) is 56.4 Å². The number of carbonyl (C=O) groups is 6. The smallest absolute Gasteiger partial charge is 0.317 e. The van der Waals surface area contributed by atoms with Gasteiger partial charge in [-0.3, -0.25) is 28.8 Å². The lowest BCUT2D eigenvalue weighted by atomic mass is 9.79. The Hall–Kier alpha value is -2.82. The Morgan fingerprint density at radius 2 is 1.10 bits per heavy atom. The summed E-state index contributed by atoms with van der Waals surface area (Å²) in [5.74, 6) is -6.44. The lowest BCUT2D eigenvalue weighted by Gasteiger charge is -2.23. The fourth-order valence-corrected chi connectivity index (χ4v) is 4.60. The molecule has 1 aliphatic heterocycles. The first kappa shape index (κ1) is 44.2. The van der Waals surface area contributed by atoms with Crippen LogP contribution in [0.5, 0.6) is 0 Å². The number of rotatable bonds is 12. The van der Waals surface area contributed by atoms with Gasteiger partial charge in [0.05, 0.1) is 29.6 Å². The minimum absolute atomic E-state index is 0. The van der Waals surface area contributed by atoms with E-state index < -0.39 is 35.7 Å². The highest BCUT2D eigenvalue weighted by molar-refractivity contribution is 5.96. The van der Waals surface area contributed by atoms with Crippen LogP contribution < -0.4 is 0 Å². The van der Waals surface area contributed by atoms with Crippen LogP contribution in [0.25, 0.3) is 0 Å². The molecular formula is C29H54O11. The molecule has 9 unspecified atom stereocenters. The fraction of sp³-hybridized carbons (Fsp3) is 0.793.